The second kappa shape index (κ2) is 18.9. The van der Waals surface area contributed by atoms with Gasteiger partial charge in [0.15, 0.2) is 5.78 Å². The Morgan fingerprint density at radius 2 is 1.11 bits per heavy atom. The number of Topliss-reactive ketones (excluding diaryl/α,β-unsaturated/α-hetero) is 1. The van der Waals surface area contributed by atoms with Gasteiger partial charge in [0.05, 0.1) is 68.4 Å². The summed E-state index contributed by atoms with van der Waals surface area (Å²) < 4.78 is 15.3. The van der Waals surface area contributed by atoms with E-state index in [1.165, 1.54) is 78.9 Å². The Balaban J connectivity index is 0.000000174. The molecule has 10 rings (SSSR count). The van der Waals surface area contributed by atoms with Crippen LogP contribution in [0.4, 0.5) is 0 Å². The molecule has 0 aliphatic carbocycles. The Morgan fingerprint density at radius 1 is 0.671 bits per heavy atom. The van der Waals surface area contributed by atoms with E-state index in [-0.39, 0.29) is 36.1 Å². The van der Waals surface area contributed by atoms with Gasteiger partial charge in [0, 0.05) is 43.9 Å². The highest BCUT2D eigenvalue weighted by atomic mass is 32.1. The van der Waals surface area contributed by atoms with Crippen LogP contribution in [0.1, 0.15) is 58.1 Å². The Morgan fingerprint density at radius 3 is 1.59 bits per heavy atom. The lowest BCUT2D eigenvalue weighted by Crippen LogP contribution is -2.44. The van der Waals surface area contributed by atoms with Crippen molar-refractivity contribution < 1.29 is 29.0 Å². The summed E-state index contributed by atoms with van der Waals surface area (Å²) >= 11 is 2.33. The fraction of sp³-hybridized carbons (Fsp3) is 0.326. The van der Waals surface area contributed by atoms with Gasteiger partial charge in [-0.3, -0.25) is 33.1 Å². The van der Waals surface area contributed by atoms with Crippen LogP contribution in [0.2, 0.25) is 0 Å². The molecule has 2 aliphatic rings. The number of ketones is 1. The number of hydrogen-bond donors (Lipinski definition) is 1. The maximum atomic E-state index is 13.8. The van der Waals surface area contributed by atoms with Crippen molar-refractivity contribution in [3.8, 4) is 21.5 Å². The first kappa shape index (κ1) is 47.2. The van der Waals surface area contributed by atoms with E-state index in [1.54, 1.807) is 76.5 Å². The second-order valence-corrected chi connectivity index (χ2v) is 18.6. The third-order valence-corrected chi connectivity index (χ3v) is 15.2. The summed E-state index contributed by atoms with van der Waals surface area (Å²) in [7, 11) is 6.25. The molecule has 2 saturated heterocycles. The highest BCUT2D eigenvalue weighted by Gasteiger charge is 2.37. The van der Waals surface area contributed by atoms with Crippen LogP contribution in [0, 0.1) is 13.8 Å². The number of amides is 2. The van der Waals surface area contributed by atoms with Crippen LogP contribution in [-0.4, -0.2) is 122 Å². The topological polar surface area (TPSA) is 246 Å². The number of nitrogens with zero attached hydrogens (tertiary/aromatic N) is 12. The summed E-state index contributed by atoms with van der Waals surface area (Å²) in [6.07, 6.45) is 5.63. The van der Waals surface area contributed by atoms with Crippen LogP contribution >= 0.6 is 22.7 Å². The zero-order valence-corrected chi connectivity index (χ0v) is 40.3. The molecule has 24 heteroatoms. The van der Waals surface area contributed by atoms with Crippen LogP contribution in [0.3, 0.4) is 0 Å². The predicted octanol–water partition coefficient (Wildman–Crippen LogP) is 2.67. The van der Waals surface area contributed by atoms with Crippen molar-refractivity contribution in [3.63, 3.8) is 0 Å². The highest BCUT2D eigenvalue weighted by molar-refractivity contribution is 7.21. The number of benzene rings is 2. The number of aromatic nitrogens is 10. The van der Waals surface area contributed by atoms with E-state index in [0.29, 0.717) is 84.7 Å². The molecule has 362 valence electrons. The standard InChI is InChI=1S/C23H24N6O5S.C23H22N6O5S/c2*1-13-18-20(32)28(15-8-11-26(2)19(15)31)23(33)27(22(18)35-21(13)29-24-9-10-25-29)12-16(30)14-6-4-5-7-17(14)34-3/h4-7,9-10,15-16,30H,8,11-12H2,1-3H3;4-7,9-10,15H,8,11-12H2,1-3H3/t15-,16+;15-/m11/s1. The minimum absolute atomic E-state index is 0.140. The Labute approximate surface area is 404 Å². The highest BCUT2D eigenvalue weighted by Crippen LogP contribution is 2.34. The molecule has 2 fully saturated rings. The van der Waals surface area contributed by atoms with Gasteiger partial charge in [-0.2, -0.15) is 20.4 Å². The largest absolute Gasteiger partial charge is 0.496 e. The van der Waals surface area contributed by atoms with Gasteiger partial charge in [-0.1, -0.05) is 53.0 Å². The fourth-order valence-electron chi connectivity index (χ4n) is 8.98. The molecule has 0 unspecified atom stereocenters. The van der Waals surface area contributed by atoms with Crippen LogP contribution in [-0.2, 0) is 22.7 Å². The van der Waals surface area contributed by atoms with Gasteiger partial charge in [0.2, 0.25) is 11.8 Å². The van der Waals surface area contributed by atoms with Crippen molar-refractivity contribution in [2.45, 2.75) is 58.0 Å². The van der Waals surface area contributed by atoms with Crippen LogP contribution in [0.5, 0.6) is 11.5 Å². The quantitative estimate of drug-likeness (QED) is 0.173. The molecular weight excluding hydrogens is 945 g/mol. The van der Waals surface area contributed by atoms with Gasteiger partial charge < -0.3 is 24.4 Å². The van der Waals surface area contributed by atoms with E-state index < -0.39 is 40.7 Å². The van der Waals surface area contributed by atoms with Gasteiger partial charge in [-0.15, -0.1) is 9.59 Å². The summed E-state index contributed by atoms with van der Waals surface area (Å²) in [5.74, 6) is -0.105. The summed E-state index contributed by atoms with van der Waals surface area (Å²) in [4.78, 5) is 100. The van der Waals surface area contributed by atoms with Gasteiger partial charge in [-0.05, 0) is 44.9 Å². The molecule has 0 radical (unpaired) electrons. The first-order valence-corrected chi connectivity index (χ1v) is 23.6. The summed E-state index contributed by atoms with van der Waals surface area (Å²) in [6, 6.07) is 11.9. The van der Waals surface area contributed by atoms with E-state index in [4.69, 9.17) is 9.47 Å². The van der Waals surface area contributed by atoms with E-state index in [2.05, 4.69) is 20.4 Å². The average molecular weight is 991 g/mol. The Bertz CT molecular complexity index is 3590. The maximum Gasteiger partial charge on any atom is 0.333 e. The Kier molecular flexibility index (Phi) is 12.8. The maximum absolute atomic E-state index is 13.8. The van der Waals surface area contributed by atoms with Crippen molar-refractivity contribution in [2.75, 3.05) is 41.4 Å². The molecule has 6 aromatic heterocycles. The average Bonchev–Trinajstić information content (AvgIpc) is 4.25. The number of rotatable bonds is 12. The zero-order valence-electron chi connectivity index (χ0n) is 38.7. The molecule has 2 aliphatic heterocycles. The first-order chi connectivity index (χ1) is 33.7. The van der Waals surface area contributed by atoms with Gasteiger partial charge >= 0.3 is 11.4 Å². The fourth-order valence-corrected chi connectivity index (χ4v) is 11.4. The monoisotopic (exact) mass is 990 g/mol. The number of methoxy groups -OCH3 is 2. The van der Waals surface area contributed by atoms with E-state index in [1.807, 2.05) is 0 Å². The van der Waals surface area contributed by atoms with Gasteiger partial charge in [0.1, 0.15) is 49.3 Å². The first-order valence-electron chi connectivity index (χ1n) is 21.9. The van der Waals surface area contributed by atoms with Crippen molar-refractivity contribution in [1.82, 2.24) is 58.1 Å². The molecular formula is C46H46N12O10S2. The number of aliphatic hydroxyl groups is 1. The minimum Gasteiger partial charge on any atom is -0.496 e. The summed E-state index contributed by atoms with van der Waals surface area (Å²) in [5.41, 5.74) is -0.470. The normalized spacial score (nSPS) is 16.3. The van der Waals surface area contributed by atoms with Crippen molar-refractivity contribution >= 4 is 60.7 Å². The molecule has 2 amide bonds. The number of likely N-dealkylation sites (N-methyl/N-ethyl adjacent to an activating group) is 2. The second-order valence-electron chi connectivity index (χ2n) is 16.7. The van der Waals surface area contributed by atoms with Gasteiger partial charge in [0.25, 0.3) is 11.1 Å². The molecule has 8 aromatic rings. The third kappa shape index (κ3) is 8.01. The molecule has 8 heterocycles. The number of aryl methyl sites for hydroxylation is 2. The van der Waals surface area contributed by atoms with Gasteiger partial charge in [-0.25, -0.2) is 18.7 Å². The van der Waals surface area contributed by atoms with Crippen LogP contribution in [0.25, 0.3) is 30.4 Å². The number of aliphatic hydroxyl groups excluding tert-OH is 1. The molecule has 0 bridgehead atoms. The van der Waals surface area contributed by atoms with Crippen molar-refractivity contribution in [3.05, 3.63) is 137 Å². The zero-order chi connectivity index (χ0) is 49.7. The molecule has 22 nitrogen and oxygen atoms in total. The number of thiophene rings is 2. The van der Waals surface area contributed by atoms with Crippen molar-refractivity contribution in [1.29, 1.82) is 0 Å². The summed E-state index contributed by atoms with van der Waals surface area (Å²) in [6.45, 7) is 3.90. The minimum atomic E-state index is -1.10. The molecule has 0 saturated carbocycles. The number of likely N-dealkylation sites (tertiary alicyclic amines) is 2. The Hall–Kier alpha value is -7.83. The van der Waals surface area contributed by atoms with E-state index in [9.17, 15) is 38.7 Å². The van der Waals surface area contributed by atoms with Crippen molar-refractivity contribution in [2.24, 2.45) is 0 Å². The number of carbonyl (C=O) groups is 3. The lowest BCUT2D eigenvalue weighted by Gasteiger charge is -2.19. The van der Waals surface area contributed by atoms with Crippen LogP contribution in [0.15, 0.2) is 92.5 Å². The molecule has 1 N–H and O–H groups in total. The number of para-hydroxylation sites is 2. The SMILES string of the molecule is COc1ccccc1C(=O)Cn1c(=O)n([C@@H]2CCN(C)C2=O)c(=O)c2c(C)c(-n3nccn3)sc21.COc1ccccc1[C@@H](O)Cn1c(=O)n([C@@H]2CCN(C)C2=O)c(=O)c2c(C)c(-n3nccn3)sc21. The summed E-state index contributed by atoms with van der Waals surface area (Å²) in [5, 5.41) is 29.5. The van der Waals surface area contributed by atoms with E-state index in [0.717, 1.165) is 20.5 Å². The lowest BCUT2D eigenvalue weighted by molar-refractivity contribution is -0.130. The van der Waals surface area contributed by atoms with Crippen LogP contribution < -0.4 is 32.0 Å². The molecule has 70 heavy (non-hydrogen) atoms. The molecule has 2 aromatic carbocycles. The number of ether oxygens (including phenoxy) is 2. The lowest BCUT2D eigenvalue weighted by atomic mass is 10.1. The number of fused-ring (bicyclic) bond motifs is 2. The molecule has 3 atom stereocenters. The third-order valence-electron chi connectivity index (χ3n) is 12.6. The number of carbonyl (C=O) groups excluding carboxylic acids is 3. The van der Waals surface area contributed by atoms with E-state index >= 15 is 0 Å². The smallest absolute Gasteiger partial charge is 0.333 e. The number of hydrogen-bond acceptors (Lipinski definition) is 16. The predicted molar refractivity (Wildman–Crippen MR) is 258 cm³/mol. The molecule has 0 spiro atoms.